The number of hydrogen-bond donors (Lipinski definition) is 1. The van der Waals surface area contributed by atoms with Crippen molar-refractivity contribution in [1.29, 1.82) is 0 Å². The van der Waals surface area contributed by atoms with E-state index in [4.69, 9.17) is 5.73 Å². The maximum atomic E-state index is 12.5. The Morgan fingerprint density at radius 1 is 1.35 bits per heavy atom. The van der Waals surface area contributed by atoms with E-state index in [-0.39, 0.29) is 4.96 Å². The van der Waals surface area contributed by atoms with E-state index < -0.39 is 17.5 Å². The first-order chi connectivity index (χ1) is 7.75. The van der Waals surface area contributed by atoms with Crippen LogP contribution in [0.25, 0.3) is 4.96 Å². The lowest BCUT2D eigenvalue weighted by molar-refractivity contribution is -0.146. The summed E-state index contributed by atoms with van der Waals surface area (Å²) in [4.78, 5) is 0.0949. The van der Waals surface area contributed by atoms with Crippen molar-refractivity contribution in [2.24, 2.45) is 5.73 Å². The third kappa shape index (κ3) is 2.00. The summed E-state index contributed by atoms with van der Waals surface area (Å²) >= 11 is 1.02. The molecule has 1 atom stereocenters. The fraction of sp³-hybridized carbons (Fsp3) is 0.625. The van der Waals surface area contributed by atoms with Crippen molar-refractivity contribution in [1.82, 2.24) is 19.8 Å². The molecule has 0 radical (unpaired) electrons. The Hall–Kier alpha value is -1.22. The lowest BCUT2D eigenvalue weighted by Gasteiger charge is -2.18. The van der Waals surface area contributed by atoms with E-state index in [1.165, 1.54) is 0 Å². The highest BCUT2D eigenvalue weighted by Gasteiger charge is 2.39. The lowest BCUT2D eigenvalue weighted by atomic mass is 10.0. The number of aromatic nitrogens is 4. The zero-order valence-corrected chi connectivity index (χ0v) is 9.93. The summed E-state index contributed by atoms with van der Waals surface area (Å²) in [5.74, 6) is -1.12. The first-order valence-corrected chi connectivity index (χ1v) is 5.66. The topological polar surface area (TPSA) is 69.1 Å². The Labute approximate surface area is 98.4 Å². The van der Waals surface area contributed by atoms with Gasteiger partial charge in [0.1, 0.15) is 5.01 Å². The van der Waals surface area contributed by atoms with Gasteiger partial charge in [0.25, 0.3) is 5.82 Å². The largest absolute Gasteiger partial charge is 0.453 e. The van der Waals surface area contributed by atoms with Gasteiger partial charge in [0.05, 0.1) is 5.54 Å². The van der Waals surface area contributed by atoms with Crippen LogP contribution >= 0.6 is 11.3 Å². The van der Waals surface area contributed by atoms with Crippen LogP contribution in [0.15, 0.2) is 0 Å². The minimum absolute atomic E-state index is 0.0949. The molecule has 0 saturated heterocycles. The quantitative estimate of drug-likeness (QED) is 0.898. The highest BCUT2D eigenvalue weighted by molar-refractivity contribution is 7.16. The van der Waals surface area contributed by atoms with E-state index in [0.717, 1.165) is 11.3 Å². The standard InChI is InChI=1S/C8H10F3N5S/c1-3-7(2,12)5-15-16-4(8(9,10)11)13-14-6(16)17-5/h3,12H2,1-2H3. The predicted molar refractivity (Wildman–Crippen MR) is 55.5 cm³/mol. The minimum atomic E-state index is -4.57. The molecule has 0 saturated carbocycles. The van der Waals surface area contributed by atoms with Crippen LogP contribution in [0.5, 0.6) is 0 Å². The number of rotatable bonds is 2. The molecule has 2 heterocycles. The van der Waals surface area contributed by atoms with Crippen LogP contribution < -0.4 is 5.73 Å². The average molecular weight is 265 g/mol. The Bertz CT molecular complexity index is 541. The van der Waals surface area contributed by atoms with Crippen LogP contribution in [-0.2, 0) is 11.7 Å². The molecule has 0 fully saturated rings. The molecule has 9 heteroatoms. The van der Waals surface area contributed by atoms with Crippen LogP contribution in [0.1, 0.15) is 31.1 Å². The summed E-state index contributed by atoms with van der Waals surface area (Å²) in [7, 11) is 0. The van der Waals surface area contributed by atoms with Gasteiger partial charge < -0.3 is 5.73 Å². The Morgan fingerprint density at radius 2 is 2.00 bits per heavy atom. The van der Waals surface area contributed by atoms with Crippen LogP contribution in [0.3, 0.4) is 0 Å². The molecule has 17 heavy (non-hydrogen) atoms. The molecule has 2 aromatic heterocycles. The molecule has 5 nitrogen and oxygen atoms in total. The molecule has 94 valence electrons. The smallest absolute Gasteiger partial charge is 0.320 e. The second-order valence-electron chi connectivity index (χ2n) is 3.89. The van der Waals surface area contributed by atoms with E-state index in [1.54, 1.807) is 6.92 Å². The van der Waals surface area contributed by atoms with Crippen LogP contribution in [0.2, 0.25) is 0 Å². The summed E-state index contributed by atoms with van der Waals surface area (Å²) in [6.07, 6.45) is -4.00. The van der Waals surface area contributed by atoms with Gasteiger partial charge in [0.2, 0.25) is 4.96 Å². The molecule has 2 N–H and O–H groups in total. The molecule has 0 aliphatic heterocycles. The fourth-order valence-corrected chi connectivity index (χ4v) is 2.14. The van der Waals surface area contributed by atoms with Crippen molar-refractivity contribution in [2.45, 2.75) is 32.0 Å². The molecule has 0 aliphatic carbocycles. The number of nitrogens with zero attached hydrogens (tertiary/aromatic N) is 4. The molecule has 0 aliphatic rings. The summed E-state index contributed by atoms with van der Waals surface area (Å²) < 4.78 is 38.3. The number of alkyl halides is 3. The number of nitrogens with two attached hydrogens (primary N) is 1. The monoisotopic (exact) mass is 265 g/mol. The van der Waals surface area contributed by atoms with E-state index in [0.29, 0.717) is 15.9 Å². The van der Waals surface area contributed by atoms with Crippen LogP contribution in [0, 0.1) is 0 Å². The normalized spacial score (nSPS) is 16.4. The zero-order valence-electron chi connectivity index (χ0n) is 9.12. The van der Waals surface area contributed by atoms with Crippen molar-refractivity contribution < 1.29 is 13.2 Å². The molecular formula is C8H10F3N5S. The number of fused-ring (bicyclic) bond motifs is 1. The van der Waals surface area contributed by atoms with Gasteiger partial charge in [-0.1, -0.05) is 18.3 Å². The van der Waals surface area contributed by atoms with Crippen LogP contribution in [-0.4, -0.2) is 19.8 Å². The van der Waals surface area contributed by atoms with Crippen molar-refractivity contribution >= 4 is 16.3 Å². The van der Waals surface area contributed by atoms with Crippen molar-refractivity contribution in [2.75, 3.05) is 0 Å². The van der Waals surface area contributed by atoms with E-state index in [1.807, 2.05) is 6.92 Å². The van der Waals surface area contributed by atoms with Gasteiger partial charge in [-0.25, -0.2) is 0 Å². The fourth-order valence-electron chi connectivity index (χ4n) is 1.18. The SMILES string of the molecule is CCC(C)(N)c1nn2c(C(F)(F)F)nnc2s1. The first kappa shape index (κ1) is 12.2. The third-order valence-electron chi connectivity index (χ3n) is 2.47. The number of halogens is 3. The molecule has 2 aromatic rings. The maximum Gasteiger partial charge on any atom is 0.453 e. The second-order valence-corrected chi connectivity index (χ2v) is 4.85. The van der Waals surface area contributed by atoms with Crippen molar-refractivity contribution in [3.63, 3.8) is 0 Å². The van der Waals surface area contributed by atoms with Crippen molar-refractivity contribution in [3.8, 4) is 0 Å². The summed E-state index contributed by atoms with van der Waals surface area (Å²) in [6, 6.07) is 0. The zero-order chi connectivity index (χ0) is 12.8. The number of hydrogen-bond acceptors (Lipinski definition) is 5. The molecule has 0 bridgehead atoms. The van der Waals surface area contributed by atoms with E-state index in [9.17, 15) is 13.2 Å². The molecule has 0 spiro atoms. The highest BCUT2D eigenvalue weighted by Crippen LogP contribution is 2.31. The van der Waals surface area contributed by atoms with E-state index in [2.05, 4.69) is 15.3 Å². The predicted octanol–water partition coefficient (Wildman–Crippen LogP) is 1.79. The van der Waals surface area contributed by atoms with Gasteiger partial charge in [-0.15, -0.1) is 10.2 Å². The summed E-state index contributed by atoms with van der Waals surface area (Å²) in [6.45, 7) is 3.55. The van der Waals surface area contributed by atoms with Gasteiger partial charge in [0, 0.05) is 0 Å². The molecule has 0 aromatic carbocycles. The van der Waals surface area contributed by atoms with Gasteiger partial charge in [-0.3, -0.25) is 0 Å². The second kappa shape index (κ2) is 3.64. The third-order valence-corrected chi connectivity index (χ3v) is 3.65. The Morgan fingerprint density at radius 3 is 2.53 bits per heavy atom. The van der Waals surface area contributed by atoms with Gasteiger partial charge in [-0.2, -0.15) is 22.8 Å². The molecule has 2 rings (SSSR count). The first-order valence-electron chi connectivity index (χ1n) is 4.84. The Balaban J connectivity index is 2.57. The molecule has 0 amide bonds. The summed E-state index contributed by atoms with van der Waals surface area (Å²) in [5.41, 5.74) is 5.17. The lowest BCUT2D eigenvalue weighted by Crippen LogP contribution is -2.32. The average Bonchev–Trinajstić information content (AvgIpc) is 2.73. The summed E-state index contributed by atoms with van der Waals surface area (Å²) in [5, 5.41) is 10.8. The van der Waals surface area contributed by atoms with Crippen molar-refractivity contribution in [3.05, 3.63) is 10.8 Å². The van der Waals surface area contributed by atoms with E-state index >= 15 is 0 Å². The Kier molecular flexibility index (Phi) is 2.62. The molecular weight excluding hydrogens is 255 g/mol. The maximum absolute atomic E-state index is 12.5. The minimum Gasteiger partial charge on any atom is -0.320 e. The van der Waals surface area contributed by atoms with Crippen LogP contribution in [0.4, 0.5) is 13.2 Å². The van der Waals surface area contributed by atoms with Gasteiger partial charge in [0.15, 0.2) is 0 Å². The highest BCUT2D eigenvalue weighted by atomic mass is 32.1. The van der Waals surface area contributed by atoms with Gasteiger partial charge >= 0.3 is 6.18 Å². The molecule has 1 unspecified atom stereocenters. The van der Waals surface area contributed by atoms with Gasteiger partial charge in [-0.05, 0) is 13.3 Å².